The highest BCUT2D eigenvalue weighted by molar-refractivity contribution is 5.80. The van der Waals surface area contributed by atoms with Gasteiger partial charge in [0.05, 0.1) is 17.8 Å². The summed E-state index contributed by atoms with van der Waals surface area (Å²) < 4.78 is 55.2. The molecule has 1 aromatic heterocycles. The predicted octanol–water partition coefficient (Wildman–Crippen LogP) is 3.72. The van der Waals surface area contributed by atoms with Gasteiger partial charge in [-0.1, -0.05) is 36.4 Å². The number of nitrogens with two attached hydrogens (primary N) is 1. The van der Waals surface area contributed by atoms with Crippen molar-refractivity contribution in [3.63, 3.8) is 0 Å². The Bertz CT molecular complexity index is 900. The molecular weight excluding hydrogens is 386 g/mol. The number of amides is 1. The van der Waals surface area contributed by atoms with Crippen LogP contribution in [-0.4, -0.2) is 40.5 Å². The van der Waals surface area contributed by atoms with Crippen molar-refractivity contribution in [1.82, 2.24) is 9.88 Å². The average Bonchev–Trinajstić information content (AvgIpc) is 3.03. The molecule has 29 heavy (non-hydrogen) atoms. The summed E-state index contributed by atoms with van der Waals surface area (Å²) in [6.45, 7) is -0.0347. The van der Waals surface area contributed by atoms with Crippen LogP contribution in [-0.2, 0) is 4.79 Å². The highest BCUT2D eigenvalue weighted by Gasteiger charge is 2.47. The lowest BCUT2D eigenvalue weighted by Gasteiger charge is -2.35. The number of hydrogen-bond acceptors (Lipinski definition) is 3. The second-order valence-corrected chi connectivity index (χ2v) is 7.84. The monoisotopic (exact) mass is 407 g/mol. The van der Waals surface area contributed by atoms with Crippen molar-refractivity contribution < 1.29 is 22.4 Å². The molecule has 0 bridgehead atoms. The Balaban J connectivity index is 1.71. The van der Waals surface area contributed by atoms with Crippen LogP contribution in [0.25, 0.3) is 0 Å². The van der Waals surface area contributed by atoms with E-state index in [2.05, 4.69) is 4.98 Å². The second-order valence-electron chi connectivity index (χ2n) is 7.84. The number of rotatable bonds is 5. The number of aromatic nitrogens is 1. The van der Waals surface area contributed by atoms with Crippen LogP contribution in [0.4, 0.5) is 17.6 Å². The number of hydrogen-bond donors (Lipinski definition) is 1. The van der Waals surface area contributed by atoms with Gasteiger partial charge in [-0.15, -0.1) is 0 Å². The first-order valence-electron chi connectivity index (χ1n) is 9.53. The Morgan fingerprint density at radius 2 is 1.86 bits per heavy atom. The number of carbonyl (C=O) groups is 1. The summed E-state index contributed by atoms with van der Waals surface area (Å²) in [5.74, 6) is -4.79. The highest BCUT2D eigenvalue weighted by Crippen LogP contribution is 2.49. The summed E-state index contributed by atoms with van der Waals surface area (Å²) in [5.41, 5.74) is 6.62. The van der Waals surface area contributed by atoms with Crippen molar-refractivity contribution in [2.24, 2.45) is 5.73 Å². The molecule has 154 valence electrons. The summed E-state index contributed by atoms with van der Waals surface area (Å²) in [6.07, 6.45) is -2.06. The standard InChI is InChI=1S/C21H21F4N3O/c22-14-8-17(20(26)29)28(11-14)18(12-4-2-1-3-5-12)16-7-6-15(19(23)27-16)13-9-21(24,25)10-13/h1-7,13-14,17-18H,8-11H2,(H2,26,29)/t14?,17?,18-/m0/s1. The van der Waals surface area contributed by atoms with Crippen molar-refractivity contribution in [3.8, 4) is 0 Å². The number of primary amides is 1. The van der Waals surface area contributed by atoms with E-state index in [0.29, 0.717) is 5.56 Å². The van der Waals surface area contributed by atoms with Crippen molar-refractivity contribution >= 4 is 5.91 Å². The quantitative estimate of drug-likeness (QED) is 0.607. The lowest BCUT2D eigenvalue weighted by molar-refractivity contribution is -0.122. The Hall–Kier alpha value is -2.48. The van der Waals surface area contributed by atoms with Crippen LogP contribution in [0.5, 0.6) is 0 Å². The third kappa shape index (κ3) is 3.85. The van der Waals surface area contributed by atoms with Gasteiger partial charge in [-0.2, -0.15) is 4.39 Å². The summed E-state index contributed by atoms with van der Waals surface area (Å²) in [6, 6.07) is 10.5. The van der Waals surface area contributed by atoms with Gasteiger partial charge in [-0.25, -0.2) is 18.2 Å². The zero-order valence-corrected chi connectivity index (χ0v) is 15.6. The fraction of sp³-hybridized carbons (Fsp3) is 0.429. The van der Waals surface area contributed by atoms with Gasteiger partial charge in [0.25, 0.3) is 0 Å². The molecule has 4 rings (SSSR count). The number of nitrogens with zero attached hydrogens (tertiary/aromatic N) is 2. The van der Waals surface area contributed by atoms with Gasteiger partial charge < -0.3 is 5.73 Å². The molecule has 2 unspecified atom stereocenters. The number of benzene rings is 1. The molecule has 1 aliphatic carbocycles. The predicted molar refractivity (Wildman–Crippen MR) is 98.6 cm³/mol. The van der Waals surface area contributed by atoms with E-state index in [4.69, 9.17) is 5.73 Å². The van der Waals surface area contributed by atoms with Crippen molar-refractivity contribution in [2.45, 2.75) is 49.4 Å². The molecule has 1 amide bonds. The zero-order chi connectivity index (χ0) is 20.8. The maximum atomic E-state index is 14.7. The van der Waals surface area contributed by atoms with Gasteiger partial charge in [0.1, 0.15) is 6.17 Å². The molecule has 1 aromatic carbocycles. The number of halogens is 4. The molecule has 2 N–H and O–H groups in total. The maximum absolute atomic E-state index is 14.7. The van der Waals surface area contributed by atoms with Gasteiger partial charge in [0.2, 0.25) is 17.8 Å². The van der Waals surface area contributed by atoms with Crippen LogP contribution in [0.2, 0.25) is 0 Å². The van der Waals surface area contributed by atoms with Crippen LogP contribution in [0.15, 0.2) is 42.5 Å². The fourth-order valence-corrected chi connectivity index (χ4v) is 4.34. The lowest BCUT2D eigenvalue weighted by Crippen LogP contribution is -2.43. The van der Waals surface area contributed by atoms with E-state index in [-0.39, 0.29) is 24.2 Å². The molecular formula is C21H21F4N3O. The molecule has 2 heterocycles. The van der Waals surface area contributed by atoms with E-state index in [1.54, 1.807) is 35.2 Å². The van der Waals surface area contributed by atoms with Gasteiger partial charge in [0.15, 0.2) is 0 Å². The van der Waals surface area contributed by atoms with Crippen molar-refractivity contribution in [3.05, 3.63) is 65.2 Å². The fourth-order valence-electron chi connectivity index (χ4n) is 4.34. The van der Waals surface area contributed by atoms with Crippen LogP contribution >= 0.6 is 0 Å². The van der Waals surface area contributed by atoms with Crippen molar-refractivity contribution in [2.75, 3.05) is 6.54 Å². The van der Waals surface area contributed by atoms with Gasteiger partial charge in [-0.3, -0.25) is 9.69 Å². The Kier molecular flexibility index (Phi) is 5.06. The molecule has 1 saturated carbocycles. The first-order valence-corrected chi connectivity index (χ1v) is 9.53. The summed E-state index contributed by atoms with van der Waals surface area (Å²) in [5, 5.41) is 0. The first kappa shape index (κ1) is 19.8. The summed E-state index contributed by atoms with van der Waals surface area (Å²) in [7, 11) is 0. The minimum atomic E-state index is -2.76. The molecule has 4 nitrogen and oxygen atoms in total. The number of carbonyl (C=O) groups excluding carboxylic acids is 1. The van der Waals surface area contributed by atoms with Gasteiger partial charge in [0, 0.05) is 31.4 Å². The van der Waals surface area contributed by atoms with E-state index >= 15 is 0 Å². The van der Waals surface area contributed by atoms with E-state index < -0.39 is 54.8 Å². The first-order chi connectivity index (χ1) is 13.7. The SMILES string of the molecule is NC(=O)C1CC(F)CN1[C@@H](c1ccccc1)c1ccc(C2CC(F)(F)C2)c(F)n1. The van der Waals surface area contributed by atoms with E-state index in [9.17, 15) is 22.4 Å². The molecule has 1 aliphatic heterocycles. The largest absolute Gasteiger partial charge is 0.368 e. The zero-order valence-electron chi connectivity index (χ0n) is 15.6. The van der Waals surface area contributed by atoms with E-state index in [1.165, 1.54) is 6.07 Å². The van der Waals surface area contributed by atoms with Gasteiger partial charge >= 0.3 is 0 Å². The van der Waals surface area contributed by atoms with E-state index in [0.717, 1.165) is 0 Å². The molecule has 1 saturated heterocycles. The molecule has 2 aromatic rings. The molecule has 0 spiro atoms. The second kappa shape index (κ2) is 7.40. The van der Waals surface area contributed by atoms with Crippen LogP contribution < -0.4 is 5.73 Å². The Labute approximate surface area is 165 Å². The smallest absolute Gasteiger partial charge is 0.249 e. The lowest BCUT2D eigenvalue weighted by atomic mass is 9.77. The normalized spacial score (nSPS) is 25.5. The van der Waals surface area contributed by atoms with E-state index in [1.807, 2.05) is 6.07 Å². The van der Waals surface area contributed by atoms with Gasteiger partial charge in [-0.05, 0) is 17.5 Å². The summed E-state index contributed by atoms with van der Waals surface area (Å²) in [4.78, 5) is 17.5. The molecule has 3 atom stereocenters. The molecule has 2 aliphatic rings. The molecule has 8 heteroatoms. The molecule has 2 fully saturated rings. The minimum absolute atomic E-state index is 0.0314. The Morgan fingerprint density at radius 3 is 2.45 bits per heavy atom. The van der Waals surface area contributed by atoms with Crippen LogP contribution in [0, 0.1) is 5.95 Å². The number of likely N-dealkylation sites (tertiary alicyclic amines) is 1. The van der Waals surface area contributed by atoms with Crippen LogP contribution in [0.3, 0.4) is 0 Å². The molecule has 0 radical (unpaired) electrons. The minimum Gasteiger partial charge on any atom is -0.368 e. The third-order valence-electron chi connectivity index (χ3n) is 5.77. The average molecular weight is 407 g/mol. The highest BCUT2D eigenvalue weighted by atomic mass is 19.3. The topological polar surface area (TPSA) is 59.2 Å². The number of pyridine rings is 1. The van der Waals surface area contributed by atoms with Crippen LogP contribution in [0.1, 0.15) is 48.0 Å². The van der Waals surface area contributed by atoms with Crippen molar-refractivity contribution in [1.29, 1.82) is 0 Å². The summed E-state index contributed by atoms with van der Waals surface area (Å²) >= 11 is 0. The number of alkyl halides is 3. The maximum Gasteiger partial charge on any atom is 0.249 e. The third-order valence-corrected chi connectivity index (χ3v) is 5.77. The Morgan fingerprint density at radius 1 is 1.17 bits per heavy atom.